The van der Waals surface area contributed by atoms with E-state index >= 15 is 0 Å². The number of nitrogens with two attached hydrogens (primary N) is 1. The second-order valence-electron chi connectivity index (χ2n) is 4.51. The molecule has 0 saturated carbocycles. The maximum atomic E-state index is 6.38. The van der Waals surface area contributed by atoms with E-state index in [9.17, 15) is 0 Å². The van der Waals surface area contributed by atoms with Gasteiger partial charge < -0.3 is 5.73 Å². The Balaban J connectivity index is 1.80. The minimum Gasteiger partial charge on any atom is -0.323 e. The molecule has 0 spiro atoms. The van der Waals surface area contributed by atoms with Crippen LogP contribution >= 0.6 is 23.1 Å². The van der Waals surface area contributed by atoms with Crippen LogP contribution in [0.3, 0.4) is 0 Å². The van der Waals surface area contributed by atoms with Crippen molar-refractivity contribution in [2.24, 2.45) is 5.73 Å². The van der Waals surface area contributed by atoms with Gasteiger partial charge in [-0.05, 0) is 30.9 Å². The third-order valence-corrected chi connectivity index (χ3v) is 5.56. The first-order valence-electron chi connectivity index (χ1n) is 6.04. The van der Waals surface area contributed by atoms with Crippen LogP contribution in [0.2, 0.25) is 0 Å². The van der Waals surface area contributed by atoms with Crippen molar-refractivity contribution >= 4 is 23.1 Å². The van der Waals surface area contributed by atoms with Gasteiger partial charge in [-0.3, -0.25) is 0 Å². The summed E-state index contributed by atoms with van der Waals surface area (Å²) in [7, 11) is 0. The maximum Gasteiger partial charge on any atom is 0.174 e. The zero-order valence-corrected chi connectivity index (χ0v) is 11.8. The van der Waals surface area contributed by atoms with Crippen LogP contribution in [0.4, 0.5) is 0 Å². The minimum atomic E-state index is 0.101. The van der Waals surface area contributed by atoms with E-state index < -0.39 is 0 Å². The Morgan fingerprint density at radius 3 is 2.94 bits per heavy atom. The molecule has 18 heavy (non-hydrogen) atoms. The van der Waals surface area contributed by atoms with Crippen LogP contribution in [0.1, 0.15) is 28.6 Å². The second kappa shape index (κ2) is 4.99. The van der Waals surface area contributed by atoms with Crippen LogP contribution < -0.4 is 5.73 Å². The fourth-order valence-electron chi connectivity index (χ4n) is 2.35. The van der Waals surface area contributed by atoms with Gasteiger partial charge in [0.05, 0.1) is 0 Å². The largest absolute Gasteiger partial charge is 0.323 e. The van der Waals surface area contributed by atoms with Gasteiger partial charge in [0.2, 0.25) is 0 Å². The van der Waals surface area contributed by atoms with Crippen LogP contribution in [-0.2, 0) is 6.42 Å². The van der Waals surface area contributed by atoms with E-state index in [2.05, 4.69) is 34.5 Å². The maximum absolute atomic E-state index is 6.38. The normalized spacial score (nSPS) is 22.8. The molecule has 94 valence electrons. The van der Waals surface area contributed by atoms with Crippen molar-refractivity contribution in [3.63, 3.8) is 0 Å². The molecule has 1 aromatic heterocycles. The van der Waals surface area contributed by atoms with Gasteiger partial charge in [0, 0.05) is 11.3 Å². The van der Waals surface area contributed by atoms with Gasteiger partial charge in [-0.1, -0.05) is 47.4 Å². The number of nitrogens with zero attached hydrogens (tertiary/aromatic N) is 2. The van der Waals surface area contributed by atoms with E-state index in [0.717, 1.165) is 22.2 Å². The van der Waals surface area contributed by atoms with E-state index in [-0.39, 0.29) is 6.04 Å². The zero-order chi connectivity index (χ0) is 12.5. The molecule has 1 heterocycles. The lowest BCUT2D eigenvalue weighted by molar-refractivity contribution is 0.586. The Hall–Kier alpha value is -0.910. The summed E-state index contributed by atoms with van der Waals surface area (Å²) >= 11 is 3.43. The van der Waals surface area contributed by atoms with Crippen molar-refractivity contribution in [2.75, 3.05) is 0 Å². The van der Waals surface area contributed by atoms with Gasteiger partial charge in [-0.2, -0.15) is 0 Å². The van der Waals surface area contributed by atoms with E-state index in [1.807, 2.05) is 6.92 Å². The van der Waals surface area contributed by atoms with Crippen LogP contribution in [0.5, 0.6) is 0 Å². The molecule has 0 amide bonds. The Labute approximate surface area is 115 Å². The van der Waals surface area contributed by atoms with Gasteiger partial charge in [0.1, 0.15) is 5.01 Å². The van der Waals surface area contributed by atoms with Crippen LogP contribution in [-0.4, -0.2) is 15.4 Å². The number of aromatic nitrogens is 2. The molecule has 0 saturated heterocycles. The van der Waals surface area contributed by atoms with Gasteiger partial charge >= 0.3 is 0 Å². The molecular weight excluding hydrogens is 262 g/mol. The van der Waals surface area contributed by atoms with Crippen molar-refractivity contribution in [2.45, 2.75) is 35.4 Å². The number of rotatable bonds is 2. The third-order valence-electron chi connectivity index (χ3n) is 3.27. The molecule has 1 aliphatic rings. The van der Waals surface area contributed by atoms with Crippen molar-refractivity contribution in [3.05, 3.63) is 40.4 Å². The molecule has 3 rings (SSSR count). The average Bonchev–Trinajstić information content (AvgIpc) is 2.79. The molecule has 0 bridgehead atoms. The highest BCUT2D eigenvalue weighted by molar-refractivity contribution is 8.01. The molecule has 0 radical (unpaired) electrons. The van der Waals surface area contributed by atoms with Crippen LogP contribution in [0.25, 0.3) is 0 Å². The van der Waals surface area contributed by atoms with Crippen LogP contribution in [0.15, 0.2) is 28.6 Å². The lowest BCUT2D eigenvalue weighted by Crippen LogP contribution is -2.29. The van der Waals surface area contributed by atoms with Crippen molar-refractivity contribution in [1.82, 2.24) is 10.2 Å². The summed E-state index contributed by atoms with van der Waals surface area (Å²) in [6.07, 6.45) is 2.22. The Morgan fingerprint density at radius 1 is 1.33 bits per heavy atom. The predicted molar refractivity (Wildman–Crippen MR) is 76.0 cm³/mol. The highest BCUT2D eigenvalue weighted by atomic mass is 32.2. The number of hydrogen-bond acceptors (Lipinski definition) is 5. The number of hydrogen-bond donors (Lipinski definition) is 1. The van der Waals surface area contributed by atoms with E-state index in [1.165, 1.54) is 11.1 Å². The summed E-state index contributed by atoms with van der Waals surface area (Å²) in [4.78, 5) is 0. The molecule has 1 aliphatic carbocycles. The standard InChI is InChI=1S/C13H15N3S2/c1-8-15-16-13(17-8)18-11-7-6-9-4-2-3-5-10(9)12(11)14/h2-5,11-12H,6-7,14H2,1H3. The quantitative estimate of drug-likeness (QED) is 0.917. The summed E-state index contributed by atoms with van der Waals surface area (Å²) in [5.74, 6) is 0. The average molecular weight is 277 g/mol. The smallest absolute Gasteiger partial charge is 0.174 e. The molecule has 2 aromatic rings. The monoisotopic (exact) mass is 277 g/mol. The van der Waals surface area contributed by atoms with Crippen molar-refractivity contribution in [1.29, 1.82) is 0 Å². The van der Waals surface area contributed by atoms with E-state index in [0.29, 0.717) is 5.25 Å². The lowest BCUT2D eigenvalue weighted by atomic mass is 9.88. The number of fused-ring (bicyclic) bond motifs is 1. The molecule has 5 heteroatoms. The molecule has 3 nitrogen and oxygen atoms in total. The molecule has 2 N–H and O–H groups in total. The summed E-state index contributed by atoms with van der Waals surface area (Å²) in [6.45, 7) is 1.98. The fourth-order valence-corrected chi connectivity index (χ4v) is 4.57. The van der Waals surface area contributed by atoms with E-state index in [1.54, 1.807) is 23.1 Å². The first-order chi connectivity index (χ1) is 8.74. The summed E-state index contributed by atoms with van der Waals surface area (Å²) in [5.41, 5.74) is 9.07. The number of aryl methyl sites for hydroxylation is 2. The SMILES string of the molecule is Cc1nnc(SC2CCc3ccccc3C2N)s1. The van der Waals surface area contributed by atoms with Gasteiger partial charge in [0.15, 0.2) is 4.34 Å². The Morgan fingerprint density at radius 2 is 2.17 bits per heavy atom. The van der Waals surface area contributed by atoms with Crippen molar-refractivity contribution in [3.8, 4) is 0 Å². The Bertz CT molecular complexity index is 553. The summed E-state index contributed by atoms with van der Waals surface area (Å²) < 4.78 is 1.03. The lowest BCUT2D eigenvalue weighted by Gasteiger charge is -2.29. The first kappa shape index (κ1) is 12.1. The minimum absolute atomic E-state index is 0.101. The van der Waals surface area contributed by atoms with Gasteiger partial charge in [0.25, 0.3) is 0 Å². The number of benzene rings is 1. The highest BCUT2D eigenvalue weighted by Crippen LogP contribution is 2.39. The van der Waals surface area contributed by atoms with Crippen LogP contribution in [0, 0.1) is 6.92 Å². The molecule has 0 fully saturated rings. The fraction of sp³-hybridized carbons (Fsp3) is 0.385. The Kier molecular flexibility index (Phi) is 3.37. The van der Waals surface area contributed by atoms with Crippen molar-refractivity contribution < 1.29 is 0 Å². The summed E-state index contributed by atoms with van der Waals surface area (Å²) in [6, 6.07) is 8.60. The molecule has 1 aromatic carbocycles. The molecule has 2 unspecified atom stereocenters. The predicted octanol–water partition coefficient (Wildman–Crippen LogP) is 2.95. The zero-order valence-electron chi connectivity index (χ0n) is 10.2. The third kappa shape index (κ3) is 2.30. The first-order valence-corrected chi connectivity index (χ1v) is 7.74. The topological polar surface area (TPSA) is 51.8 Å². The second-order valence-corrected chi connectivity index (χ2v) is 7.17. The molecule has 2 atom stereocenters. The van der Waals surface area contributed by atoms with Gasteiger partial charge in [-0.25, -0.2) is 0 Å². The van der Waals surface area contributed by atoms with E-state index in [4.69, 9.17) is 5.73 Å². The highest BCUT2D eigenvalue weighted by Gasteiger charge is 2.28. The summed E-state index contributed by atoms with van der Waals surface area (Å²) in [5, 5.41) is 9.66. The molecular formula is C13H15N3S2. The number of thioether (sulfide) groups is 1. The van der Waals surface area contributed by atoms with Gasteiger partial charge in [-0.15, -0.1) is 10.2 Å². The molecule has 0 aliphatic heterocycles.